The van der Waals surface area contributed by atoms with Gasteiger partial charge in [0.15, 0.2) is 0 Å². The minimum absolute atomic E-state index is 0.413. The van der Waals surface area contributed by atoms with Gasteiger partial charge >= 0.3 is 0 Å². The second kappa shape index (κ2) is 10.7. The minimum atomic E-state index is 0.413. The molecule has 0 aliphatic heterocycles. The predicted octanol–water partition coefficient (Wildman–Crippen LogP) is 4.47. The van der Waals surface area contributed by atoms with Gasteiger partial charge in [-0.15, -0.1) is 0 Å². The van der Waals surface area contributed by atoms with Crippen LogP contribution < -0.4 is 25.0 Å². The molecule has 1 aromatic heterocycles. The van der Waals surface area contributed by atoms with E-state index in [1.165, 1.54) is 12.8 Å². The molecule has 0 saturated heterocycles. The molecule has 7 heteroatoms. The van der Waals surface area contributed by atoms with E-state index < -0.39 is 0 Å². The zero-order valence-corrected chi connectivity index (χ0v) is 20.1. The van der Waals surface area contributed by atoms with E-state index in [1.807, 2.05) is 44.4 Å². The molecule has 0 atom stereocenters. The number of nitrogens with one attached hydrogen (secondary N) is 2. The highest BCUT2D eigenvalue weighted by atomic mass is 16.5. The van der Waals surface area contributed by atoms with Crippen LogP contribution in [0.1, 0.15) is 31.2 Å². The molecule has 1 fully saturated rings. The van der Waals surface area contributed by atoms with Crippen molar-refractivity contribution in [1.29, 1.82) is 0 Å². The van der Waals surface area contributed by atoms with Gasteiger partial charge in [-0.2, -0.15) is 4.98 Å². The molecular weight excluding hydrogens is 414 g/mol. The monoisotopic (exact) mass is 449 g/mol. The van der Waals surface area contributed by atoms with E-state index in [0.717, 1.165) is 65.7 Å². The molecule has 7 nitrogen and oxygen atoms in total. The Morgan fingerprint density at radius 1 is 0.970 bits per heavy atom. The number of ether oxygens (including phenoxy) is 2. The summed E-state index contributed by atoms with van der Waals surface area (Å²) >= 11 is 0. The Bertz CT molecular complexity index is 1060. The molecule has 1 saturated carbocycles. The number of hydrogen-bond donors (Lipinski definition) is 2. The van der Waals surface area contributed by atoms with Gasteiger partial charge < -0.3 is 25.0 Å². The fourth-order valence-corrected chi connectivity index (χ4v) is 4.59. The number of nitrogens with zero attached hydrogens (tertiary/aromatic N) is 3. The molecule has 0 bridgehead atoms. The number of hydrogen-bond acceptors (Lipinski definition) is 7. The summed E-state index contributed by atoms with van der Waals surface area (Å²) in [7, 11) is 7.45. The topological polar surface area (TPSA) is 71.5 Å². The van der Waals surface area contributed by atoms with Crippen LogP contribution in [0.15, 0.2) is 42.5 Å². The van der Waals surface area contributed by atoms with E-state index in [2.05, 4.69) is 27.7 Å². The van der Waals surface area contributed by atoms with Crippen molar-refractivity contribution in [2.45, 2.75) is 38.3 Å². The number of benzene rings is 2. The van der Waals surface area contributed by atoms with E-state index in [-0.39, 0.29) is 0 Å². The second-order valence-electron chi connectivity index (χ2n) is 8.95. The highest BCUT2D eigenvalue weighted by Crippen LogP contribution is 2.29. The standard InChI is InChI=1S/C26H35N5O2/c1-31(2)25-22-7-5-6-8-23(22)29-26(30-25)28-20-11-9-18(10-12-20)16-27-17-19-15-21(32-3)13-14-24(19)33-4/h5-8,13-15,18,20,27H,9-12,16-17H2,1-4H3,(H,28,29,30). The minimum Gasteiger partial charge on any atom is -0.497 e. The third-order valence-electron chi connectivity index (χ3n) is 6.42. The van der Waals surface area contributed by atoms with Gasteiger partial charge in [0.25, 0.3) is 0 Å². The van der Waals surface area contributed by atoms with Crippen LogP contribution in [-0.2, 0) is 6.54 Å². The van der Waals surface area contributed by atoms with E-state index >= 15 is 0 Å². The Kier molecular flexibility index (Phi) is 7.50. The first-order valence-corrected chi connectivity index (χ1v) is 11.7. The molecule has 0 amide bonds. The van der Waals surface area contributed by atoms with E-state index in [4.69, 9.17) is 19.4 Å². The summed E-state index contributed by atoms with van der Waals surface area (Å²) in [5.74, 6) is 4.10. The van der Waals surface area contributed by atoms with Crippen LogP contribution in [0.4, 0.5) is 11.8 Å². The van der Waals surface area contributed by atoms with Crippen LogP contribution >= 0.6 is 0 Å². The first-order chi connectivity index (χ1) is 16.1. The highest BCUT2D eigenvalue weighted by molar-refractivity contribution is 5.90. The van der Waals surface area contributed by atoms with Crippen molar-refractivity contribution < 1.29 is 9.47 Å². The lowest BCUT2D eigenvalue weighted by molar-refractivity contribution is 0.322. The third kappa shape index (κ3) is 5.66. The van der Waals surface area contributed by atoms with Gasteiger partial charge in [0.1, 0.15) is 17.3 Å². The quantitative estimate of drug-likeness (QED) is 0.499. The molecule has 0 unspecified atom stereocenters. The molecule has 0 spiro atoms. The lowest BCUT2D eigenvalue weighted by Crippen LogP contribution is -2.31. The molecule has 1 aliphatic rings. The Morgan fingerprint density at radius 3 is 2.48 bits per heavy atom. The summed E-state index contributed by atoms with van der Waals surface area (Å²) in [4.78, 5) is 11.6. The van der Waals surface area contributed by atoms with Crippen LogP contribution in [0.5, 0.6) is 11.5 Å². The SMILES string of the molecule is COc1ccc(OC)c(CNCC2CCC(Nc3nc(N(C)C)c4ccccc4n3)CC2)c1. The normalized spacial score (nSPS) is 18.2. The van der Waals surface area contributed by atoms with Gasteiger partial charge in [0, 0.05) is 37.6 Å². The highest BCUT2D eigenvalue weighted by Gasteiger charge is 2.22. The smallest absolute Gasteiger partial charge is 0.225 e. The zero-order chi connectivity index (χ0) is 23.2. The number of fused-ring (bicyclic) bond motifs is 1. The van der Waals surface area contributed by atoms with Crippen LogP contribution in [0, 0.1) is 5.92 Å². The third-order valence-corrected chi connectivity index (χ3v) is 6.42. The van der Waals surface area contributed by atoms with E-state index in [9.17, 15) is 0 Å². The van der Waals surface area contributed by atoms with Crippen molar-refractivity contribution in [3.63, 3.8) is 0 Å². The molecular formula is C26H35N5O2. The lowest BCUT2D eigenvalue weighted by Gasteiger charge is -2.29. The number of rotatable bonds is 9. The molecule has 2 N–H and O–H groups in total. The summed E-state index contributed by atoms with van der Waals surface area (Å²) in [5.41, 5.74) is 2.10. The first-order valence-electron chi connectivity index (χ1n) is 11.7. The van der Waals surface area contributed by atoms with Crippen LogP contribution in [-0.4, -0.2) is 50.9 Å². The average molecular weight is 450 g/mol. The summed E-state index contributed by atoms with van der Waals surface area (Å²) in [6.45, 7) is 1.78. The van der Waals surface area contributed by atoms with E-state index in [1.54, 1.807) is 14.2 Å². The molecule has 33 heavy (non-hydrogen) atoms. The van der Waals surface area contributed by atoms with Crippen molar-refractivity contribution in [2.75, 3.05) is 45.1 Å². The summed E-state index contributed by atoms with van der Waals surface area (Å²) in [5, 5.41) is 8.29. The fourth-order valence-electron chi connectivity index (χ4n) is 4.59. The Morgan fingerprint density at radius 2 is 1.76 bits per heavy atom. The fraction of sp³-hybridized carbons (Fsp3) is 0.462. The van der Waals surface area contributed by atoms with Crippen molar-refractivity contribution in [1.82, 2.24) is 15.3 Å². The summed E-state index contributed by atoms with van der Waals surface area (Å²) in [6, 6.07) is 14.5. The number of aromatic nitrogens is 2. The van der Waals surface area contributed by atoms with Gasteiger partial charge in [0.2, 0.25) is 5.95 Å². The number of para-hydroxylation sites is 1. The first kappa shape index (κ1) is 23.1. The maximum Gasteiger partial charge on any atom is 0.225 e. The van der Waals surface area contributed by atoms with Crippen molar-refractivity contribution in [3.8, 4) is 11.5 Å². The Hall–Kier alpha value is -3.06. The maximum atomic E-state index is 5.49. The second-order valence-corrected chi connectivity index (χ2v) is 8.95. The van der Waals surface area contributed by atoms with Crippen molar-refractivity contribution in [3.05, 3.63) is 48.0 Å². The van der Waals surface area contributed by atoms with Gasteiger partial charge in [0.05, 0.1) is 19.7 Å². The zero-order valence-electron chi connectivity index (χ0n) is 20.1. The molecule has 176 valence electrons. The van der Waals surface area contributed by atoms with Crippen LogP contribution in [0.3, 0.4) is 0 Å². The van der Waals surface area contributed by atoms with Gasteiger partial charge in [-0.05, 0) is 68.5 Å². The Labute approximate surface area is 196 Å². The maximum absolute atomic E-state index is 5.49. The Balaban J connectivity index is 1.29. The average Bonchev–Trinajstić information content (AvgIpc) is 2.84. The number of methoxy groups -OCH3 is 2. The molecule has 3 aromatic rings. The van der Waals surface area contributed by atoms with Gasteiger partial charge in [-0.1, -0.05) is 12.1 Å². The van der Waals surface area contributed by atoms with Gasteiger partial charge in [-0.3, -0.25) is 0 Å². The lowest BCUT2D eigenvalue weighted by atomic mass is 9.86. The molecule has 1 heterocycles. The van der Waals surface area contributed by atoms with Crippen LogP contribution in [0.25, 0.3) is 10.9 Å². The summed E-state index contributed by atoms with van der Waals surface area (Å²) < 4.78 is 10.8. The molecule has 1 aliphatic carbocycles. The predicted molar refractivity (Wildman–Crippen MR) is 134 cm³/mol. The van der Waals surface area contributed by atoms with Crippen LogP contribution in [0.2, 0.25) is 0 Å². The van der Waals surface area contributed by atoms with Gasteiger partial charge in [-0.25, -0.2) is 4.98 Å². The summed E-state index contributed by atoms with van der Waals surface area (Å²) in [6.07, 6.45) is 4.63. The number of anilines is 2. The van der Waals surface area contributed by atoms with Crippen molar-refractivity contribution in [2.24, 2.45) is 5.92 Å². The molecule has 2 aromatic carbocycles. The van der Waals surface area contributed by atoms with E-state index in [0.29, 0.717) is 12.0 Å². The molecule has 0 radical (unpaired) electrons. The van der Waals surface area contributed by atoms with Crippen molar-refractivity contribution >= 4 is 22.7 Å². The largest absolute Gasteiger partial charge is 0.497 e. The molecule has 4 rings (SSSR count).